The van der Waals surface area contributed by atoms with Crippen molar-refractivity contribution in [3.63, 3.8) is 0 Å². The zero-order chi connectivity index (χ0) is 23.6. The average molecular weight is 458 g/mol. The van der Waals surface area contributed by atoms with Crippen molar-refractivity contribution in [3.8, 4) is 10.4 Å². The van der Waals surface area contributed by atoms with Gasteiger partial charge in [0.25, 0.3) is 0 Å². The lowest BCUT2D eigenvalue weighted by molar-refractivity contribution is 0.565. The molecule has 4 heteroatoms. The highest BCUT2D eigenvalue weighted by molar-refractivity contribution is 7.15. The lowest BCUT2D eigenvalue weighted by Crippen LogP contribution is -2.12. The van der Waals surface area contributed by atoms with Gasteiger partial charge in [0.2, 0.25) is 0 Å². The van der Waals surface area contributed by atoms with Gasteiger partial charge in [-0.25, -0.2) is 0 Å². The van der Waals surface area contributed by atoms with Crippen molar-refractivity contribution in [2.75, 3.05) is 13.6 Å². The standard InChI is InChI=1S/C29H35N3S/c1-5-32-17-16-26(24-11-13-25(14-12-24)27(19-30)20-31-4)10-9-23-8-6-21(2)28(18-23)29-15-7-22(3)33-29/h5-8,11-15,18-20,26,32H,1,9-10,16-17,30H2,2-4H3. The molecule has 0 aliphatic heterocycles. The molecule has 1 unspecified atom stereocenters. The molecule has 1 heterocycles. The van der Waals surface area contributed by atoms with Gasteiger partial charge in [0, 0.05) is 41.3 Å². The SMILES string of the molecule is C=CNCCC(CCc1ccc(C)c(-c2ccc(C)s2)c1)c1ccc(C(C=NC)=CN)cc1. The first-order valence-electron chi connectivity index (χ1n) is 11.5. The largest absolute Gasteiger partial charge is 0.404 e. The van der Waals surface area contributed by atoms with E-state index in [1.165, 1.54) is 32.0 Å². The third-order valence-corrected chi connectivity index (χ3v) is 7.07. The second kappa shape index (κ2) is 12.2. The van der Waals surface area contributed by atoms with Gasteiger partial charge in [-0.05, 0) is 85.2 Å². The first-order chi connectivity index (χ1) is 16.0. The summed E-state index contributed by atoms with van der Waals surface area (Å²) in [6.07, 6.45) is 8.39. The van der Waals surface area contributed by atoms with Crippen molar-refractivity contribution in [3.05, 3.63) is 101 Å². The maximum Gasteiger partial charge on any atom is 0.0348 e. The molecule has 0 spiro atoms. The molecule has 0 aliphatic carbocycles. The Hall–Kier alpha value is -3.11. The lowest BCUT2D eigenvalue weighted by atomic mass is 9.88. The first-order valence-corrected chi connectivity index (χ1v) is 12.3. The molecule has 33 heavy (non-hydrogen) atoms. The van der Waals surface area contributed by atoms with E-state index in [0.717, 1.165) is 36.9 Å². The molecule has 0 amide bonds. The van der Waals surface area contributed by atoms with Gasteiger partial charge in [0.05, 0.1) is 0 Å². The van der Waals surface area contributed by atoms with E-state index >= 15 is 0 Å². The second-order valence-electron chi connectivity index (χ2n) is 8.37. The number of nitrogens with one attached hydrogen (secondary N) is 1. The van der Waals surface area contributed by atoms with Crippen molar-refractivity contribution in [2.45, 2.75) is 39.0 Å². The van der Waals surface area contributed by atoms with Crippen LogP contribution in [0.3, 0.4) is 0 Å². The van der Waals surface area contributed by atoms with Crippen molar-refractivity contribution in [2.24, 2.45) is 10.7 Å². The van der Waals surface area contributed by atoms with Gasteiger partial charge in [0.1, 0.15) is 0 Å². The molecule has 1 atom stereocenters. The van der Waals surface area contributed by atoms with Gasteiger partial charge in [-0.15, -0.1) is 11.3 Å². The van der Waals surface area contributed by atoms with Crippen LogP contribution in [0.15, 0.2) is 78.6 Å². The van der Waals surface area contributed by atoms with Crippen LogP contribution in [-0.4, -0.2) is 19.8 Å². The summed E-state index contributed by atoms with van der Waals surface area (Å²) >= 11 is 1.87. The number of nitrogens with two attached hydrogens (primary N) is 1. The van der Waals surface area contributed by atoms with Crippen molar-refractivity contribution in [1.82, 2.24) is 5.32 Å². The second-order valence-corrected chi connectivity index (χ2v) is 9.66. The third kappa shape index (κ3) is 6.69. The molecule has 0 radical (unpaired) electrons. The predicted molar refractivity (Wildman–Crippen MR) is 146 cm³/mol. The Morgan fingerprint density at radius 2 is 1.88 bits per heavy atom. The van der Waals surface area contributed by atoms with Crippen LogP contribution in [0.25, 0.3) is 16.0 Å². The highest BCUT2D eigenvalue weighted by Crippen LogP contribution is 2.32. The summed E-state index contributed by atoms with van der Waals surface area (Å²) in [5.41, 5.74) is 13.2. The average Bonchev–Trinajstić information content (AvgIpc) is 3.27. The van der Waals surface area contributed by atoms with Crippen LogP contribution < -0.4 is 11.1 Å². The normalized spacial score (nSPS) is 12.8. The van der Waals surface area contributed by atoms with Crippen molar-refractivity contribution < 1.29 is 0 Å². The first kappa shape index (κ1) is 24.5. The minimum Gasteiger partial charge on any atom is -0.404 e. The van der Waals surface area contributed by atoms with E-state index in [1.807, 2.05) is 11.3 Å². The van der Waals surface area contributed by atoms with E-state index in [-0.39, 0.29) is 0 Å². The van der Waals surface area contributed by atoms with E-state index in [2.05, 4.69) is 85.3 Å². The van der Waals surface area contributed by atoms with Gasteiger partial charge < -0.3 is 11.1 Å². The molecule has 0 fully saturated rings. The van der Waals surface area contributed by atoms with E-state index in [9.17, 15) is 0 Å². The van der Waals surface area contributed by atoms with Crippen LogP contribution in [0.2, 0.25) is 0 Å². The minimum atomic E-state index is 0.463. The molecule has 1 aromatic heterocycles. The van der Waals surface area contributed by atoms with Crippen LogP contribution in [-0.2, 0) is 6.42 Å². The number of hydrogen-bond donors (Lipinski definition) is 2. The molecular formula is C29H35N3S. The van der Waals surface area contributed by atoms with Crippen molar-refractivity contribution in [1.29, 1.82) is 0 Å². The summed E-state index contributed by atoms with van der Waals surface area (Å²) in [5, 5.41) is 3.26. The predicted octanol–water partition coefficient (Wildman–Crippen LogP) is 6.87. The molecule has 3 N–H and O–H groups in total. The van der Waals surface area contributed by atoms with E-state index in [0.29, 0.717) is 5.92 Å². The molecule has 0 saturated heterocycles. The molecule has 0 aliphatic rings. The van der Waals surface area contributed by atoms with E-state index in [1.54, 1.807) is 25.7 Å². The molecule has 2 aromatic carbocycles. The molecule has 3 nitrogen and oxygen atoms in total. The van der Waals surface area contributed by atoms with Crippen molar-refractivity contribution >= 4 is 23.1 Å². The number of rotatable bonds is 11. The number of benzene rings is 2. The zero-order valence-corrected chi connectivity index (χ0v) is 20.8. The Labute approximate surface area is 202 Å². The van der Waals surface area contributed by atoms with Crippen LogP contribution in [0.4, 0.5) is 0 Å². The smallest absolute Gasteiger partial charge is 0.0348 e. The summed E-state index contributed by atoms with van der Waals surface area (Å²) in [5.74, 6) is 0.463. The number of aliphatic imine (C=N–C) groups is 1. The number of nitrogens with zero attached hydrogens (tertiary/aromatic N) is 1. The van der Waals surface area contributed by atoms with Gasteiger partial charge in [-0.1, -0.05) is 49.0 Å². The Balaban J connectivity index is 1.77. The fraction of sp³-hybridized carbons (Fsp3) is 0.276. The summed E-state index contributed by atoms with van der Waals surface area (Å²) < 4.78 is 0. The minimum absolute atomic E-state index is 0.463. The number of hydrogen-bond acceptors (Lipinski definition) is 4. The lowest BCUT2D eigenvalue weighted by Gasteiger charge is -2.19. The topological polar surface area (TPSA) is 50.4 Å². The number of allylic oxidation sites excluding steroid dienone is 1. The molecule has 0 bridgehead atoms. The Bertz CT molecular complexity index is 1110. The highest BCUT2D eigenvalue weighted by Gasteiger charge is 2.13. The maximum absolute atomic E-state index is 5.78. The van der Waals surface area contributed by atoms with Crippen LogP contribution in [0.5, 0.6) is 0 Å². The quantitative estimate of drug-likeness (QED) is 0.244. The van der Waals surface area contributed by atoms with Gasteiger partial charge >= 0.3 is 0 Å². The summed E-state index contributed by atoms with van der Waals surface area (Å²) in [7, 11) is 1.76. The van der Waals surface area contributed by atoms with E-state index < -0.39 is 0 Å². The molecule has 172 valence electrons. The van der Waals surface area contributed by atoms with Crippen LogP contribution >= 0.6 is 11.3 Å². The Morgan fingerprint density at radius 3 is 2.52 bits per heavy atom. The van der Waals surface area contributed by atoms with E-state index in [4.69, 9.17) is 5.73 Å². The van der Waals surface area contributed by atoms with Gasteiger partial charge in [-0.3, -0.25) is 4.99 Å². The third-order valence-electron chi connectivity index (χ3n) is 6.03. The monoisotopic (exact) mass is 457 g/mol. The zero-order valence-electron chi connectivity index (χ0n) is 20.0. The highest BCUT2D eigenvalue weighted by atomic mass is 32.1. The molecular weight excluding hydrogens is 422 g/mol. The van der Waals surface area contributed by atoms with Crippen LogP contribution in [0.1, 0.15) is 45.9 Å². The fourth-order valence-corrected chi connectivity index (χ4v) is 5.10. The summed E-state index contributed by atoms with van der Waals surface area (Å²) in [4.78, 5) is 6.81. The number of thiophene rings is 1. The molecule has 3 rings (SSSR count). The number of aryl methyl sites for hydroxylation is 3. The summed E-state index contributed by atoms with van der Waals surface area (Å²) in [6, 6.07) is 20.1. The Kier molecular flexibility index (Phi) is 9.08. The van der Waals surface area contributed by atoms with Gasteiger partial charge in [0.15, 0.2) is 0 Å². The van der Waals surface area contributed by atoms with Gasteiger partial charge in [-0.2, -0.15) is 0 Å². The molecule has 3 aromatic rings. The maximum atomic E-state index is 5.78. The molecule has 0 saturated carbocycles. The Morgan fingerprint density at radius 1 is 1.09 bits per heavy atom. The summed E-state index contributed by atoms with van der Waals surface area (Å²) in [6.45, 7) is 9.08. The van der Waals surface area contributed by atoms with Crippen LogP contribution in [0, 0.1) is 13.8 Å². The fourth-order valence-electron chi connectivity index (χ4n) is 4.15.